The Morgan fingerprint density at radius 2 is 1.90 bits per heavy atom. The molecule has 2 heterocycles. The van der Waals surface area contributed by atoms with Gasteiger partial charge in [0.05, 0.1) is 40.0 Å². The highest BCUT2D eigenvalue weighted by Crippen LogP contribution is 2.26. The molecule has 0 aliphatic carbocycles. The number of anilines is 1. The van der Waals surface area contributed by atoms with Gasteiger partial charge in [-0.05, 0) is 43.2 Å². The molecule has 9 heteroatoms. The van der Waals surface area contributed by atoms with Gasteiger partial charge in [-0.25, -0.2) is 4.79 Å². The smallest absolute Gasteiger partial charge is 0.338 e. The van der Waals surface area contributed by atoms with Crippen molar-refractivity contribution in [2.45, 2.75) is 18.9 Å². The van der Waals surface area contributed by atoms with E-state index < -0.39 is 30.3 Å². The normalized spacial score (nSPS) is 17.6. The van der Waals surface area contributed by atoms with E-state index in [0.29, 0.717) is 17.3 Å². The topological polar surface area (TPSA) is 102 Å². The summed E-state index contributed by atoms with van der Waals surface area (Å²) in [6, 6.07) is 10.8. The zero-order valence-corrected chi connectivity index (χ0v) is 17.2. The zero-order chi connectivity index (χ0) is 22.0. The molecule has 4 rings (SSSR count). The molecule has 0 spiro atoms. The van der Waals surface area contributed by atoms with Crippen LogP contribution in [0.25, 0.3) is 0 Å². The van der Waals surface area contributed by atoms with E-state index in [1.807, 2.05) is 0 Å². The van der Waals surface area contributed by atoms with Crippen molar-refractivity contribution in [2.24, 2.45) is 0 Å². The zero-order valence-electron chi connectivity index (χ0n) is 16.4. The van der Waals surface area contributed by atoms with Crippen molar-refractivity contribution >= 4 is 41.0 Å². The molecule has 0 radical (unpaired) electrons. The van der Waals surface area contributed by atoms with Gasteiger partial charge in [0.25, 0.3) is 17.7 Å². The van der Waals surface area contributed by atoms with Gasteiger partial charge in [0.1, 0.15) is 0 Å². The predicted octanol–water partition coefficient (Wildman–Crippen LogP) is 2.91. The molecule has 0 unspecified atom stereocenters. The second kappa shape index (κ2) is 8.87. The van der Waals surface area contributed by atoms with E-state index in [1.54, 1.807) is 24.3 Å². The minimum atomic E-state index is -0.782. The molecule has 2 aliphatic heterocycles. The number of hydrogen-bond acceptors (Lipinski definition) is 6. The van der Waals surface area contributed by atoms with Crippen LogP contribution in [0.3, 0.4) is 0 Å². The van der Waals surface area contributed by atoms with Crippen LogP contribution in [0, 0.1) is 0 Å². The Balaban J connectivity index is 1.39. The molecule has 1 saturated heterocycles. The summed E-state index contributed by atoms with van der Waals surface area (Å²) in [5.74, 6) is -2.22. The minimum absolute atomic E-state index is 0.0735. The number of carbonyl (C=O) groups is 4. The van der Waals surface area contributed by atoms with Gasteiger partial charge in [0.2, 0.25) is 0 Å². The number of imide groups is 1. The summed E-state index contributed by atoms with van der Waals surface area (Å²) in [4.78, 5) is 50.8. The number of ether oxygens (including phenoxy) is 2. The van der Waals surface area contributed by atoms with Crippen LogP contribution in [0.5, 0.6) is 0 Å². The molecule has 31 heavy (non-hydrogen) atoms. The second-order valence-electron chi connectivity index (χ2n) is 7.22. The fourth-order valence-corrected chi connectivity index (χ4v) is 3.72. The van der Waals surface area contributed by atoms with Crippen LogP contribution in [-0.4, -0.2) is 54.5 Å². The number of carbonyl (C=O) groups excluding carboxylic acids is 4. The molecular weight excluding hydrogens is 424 g/mol. The molecule has 0 aromatic heterocycles. The first kappa shape index (κ1) is 21.0. The molecule has 1 N–H and O–H groups in total. The highest BCUT2D eigenvalue weighted by atomic mass is 35.5. The van der Waals surface area contributed by atoms with Crippen molar-refractivity contribution in [1.29, 1.82) is 0 Å². The summed E-state index contributed by atoms with van der Waals surface area (Å²) in [6.07, 6.45) is 1.53. The number of fused-ring (bicyclic) bond motifs is 1. The number of nitrogens with zero attached hydrogens (tertiary/aromatic N) is 1. The van der Waals surface area contributed by atoms with Crippen molar-refractivity contribution in [2.75, 3.05) is 25.1 Å². The Morgan fingerprint density at radius 1 is 1.13 bits per heavy atom. The van der Waals surface area contributed by atoms with Crippen LogP contribution in [0.4, 0.5) is 5.69 Å². The van der Waals surface area contributed by atoms with Gasteiger partial charge in [0, 0.05) is 6.61 Å². The van der Waals surface area contributed by atoms with Crippen LogP contribution in [-0.2, 0) is 14.3 Å². The Hall–Kier alpha value is -3.23. The third-order valence-electron chi connectivity index (χ3n) is 5.10. The number of rotatable bonds is 6. The van der Waals surface area contributed by atoms with E-state index in [-0.39, 0.29) is 29.3 Å². The molecule has 0 saturated carbocycles. The highest BCUT2D eigenvalue weighted by molar-refractivity contribution is 6.33. The number of esters is 1. The van der Waals surface area contributed by atoms with E-state index >= 15 is 0 Å². The summed E-state index contributed by atoms with van der Waals surface area (Å²) in [5, 5.41) is 2.90. The largest absolute Gasteiger partial charge is 0.452 e. The molecule has 0 bridgehead atoms. The molecule has 1 fully saturated rings. The monoisotopic (exact) mass is 442 g/mol. The lowest BCUT2D eigenvalue weighted by molar-refractivity contribution is -0.119. The molecule has 2 aromatic carbocycles. The van der Waals surface area contributed by atoms with Gasteiger partial charge < -0.3 is 14.8 Å². The third-order valence-corrected chi connectivity index (χ3v) is 5.43. The summed E-state index contributed by atoms with van der Waals surface area (Å²) < 4.78 is 10.5. The van der Waals surface area contributed by atoms with Crippen molar-refractivity contribution in [3.05, 3.63) is 64.2 Å². The van der Waals surface area contributed by atoms with Crippen LogP contribution >= 0.6 is 11.6 Å². The summed E-state index contributed by atoms with van der Waals surface area (Å²) in [7, 11) is 0. The lowest BCUT2D eigenvalue weighted by Crippen LogP contribution is -2.36. The Bertz CT molecular complexity index is 1060. The summed E-state index contributed by atoms with van der Waals surface area (Å²) in [5.41, 5.74) is 0.844. The maximum Gasteiger partial charge on any atom is 0.338 e. The van der Waals surface area contributed by atoms with Gasteiger partial charge >= 0.3 is 5.97 Å². The molecule has 3 amide bonds. The van der Waals surface area contributed by atoms with Gasteiger partial charge in [-0.15, -0.1) is 0 Å². The molecule has 8 nitrogen and oxygen atoms in total. The predicted molar refractivity (Wildman–Crippen MR) is 111 cm³/mol. The van der Waals surface area contributed by atoms with Gasteiger partial charge in [-0.1, -0.05) is 23.7 Å². The minimum Gasteiger partial charge on any atom is -0.452 e. The van der Waals surface area contributed by atoms with Gasteiger partial charge in [0.15, 0.2) is 6.61 Å². The first-order chi connectivity index (χ1) is 14.9. The Kier molecular flexibility index (Phi) is 6.01. The fourth-order valence-electron chi connectivity index (χ4n) is 3.54. The van der Waals surface area contributed by atoms with Crippen molar-refractivity contribution < 1.29 is 28.7 Å². The van der Waals surface area contributed by atoms with Crippen LogP contribution in [0.2, 0.25) is 5.02 Å². The van der Waals surface area contributed by atoms with E-state index in [9.17, 15) is 19.2 Å². The van der Waals surface area contributed by atoms with E-state index in [4.69, 9.17) is 21.1 Å². The Labute approximate surface area is 183 Å². The average Bonchev–Trinajstić information content (AvgIpc) is 3.36. The van der Waals surface area contributed by atoms with E-state index in [0.717, 1.165) is 17.7 Å². The summed E-state index contributed by atoms with van der Waals surface area (Å²) >= 11 is 5.98. The van der Waals surface area contributed by atoms with E-state index in [1.165, 1.54) is 18.2 Å². The molecule has 160 valence electrons. The van der Waals surface area contributed by atoms with Crippen LogP contribution in [0.15, 0.2) is 42.5 Å². The molecule has 1 atom stereocenters. The van der Waals surface area contributed by atoms with Gasteiger partial charge in [-0.3, -0.25) is 19.3 Å². The maximum atomic E-state index is 12.7. The van der Waals surface area contributed by atoms with Crippen molar-refractivity contribution in [3.8, 4) is 0 Å². The number of hydrogen-bond donors (Lipinski definition) is 1. The molecule has 2 aliphatic rings. The van der Waals surface area contributed by atoms with Crippen molar-refractivity contribution in [3.63, 3.8) is 0 Å². The van der Waals surface area contributed by atoms with Gasteiger partial charge in [-0.2, -0.15) is 0 Å². The fraction of sp³-hybridized carbons (Fsp3) is 0.273. The lowest BCUT2D eigenvalue weighted by Gasteiger charge is -2.17. The van der Waals surface area contributed by atoms with Crippen LogP contribution in [0.1, 0.15) is 43.9 Å². The first-order valence-corrected chi connectivity index (χ1v) is 10.1. The van der Waals surface area contributed by atoms with E-state index in [2.05, 4.69) is 5.32 Å². The third kappa shape index (κ3) is 4.45. The number of nitrogens with one attached hydrogen (secondary N) is 1. The summed E-state index contributed by atoms with van der Waals surface area (Å²) in [6.45, 7) is 0.279. The van der Waals surface area contributed by atoms with Crippen LogP contribution < -0.4 is 5.32 Å². The number of halogens is 1. The lowest BCUT2D eigenvalue weighted by atomic mass is 10.1. The number of amides is 3. The maximum absolute atomic E-state index is 12.7. The number of benzene rings is 2. The second-order valence-corrected chi connectivity index (χ2v) is 7.63. The average molecular weight is 443 g/mol. The first-order valence-electron chi connectivity index (χ1n) is 9.77. The molecular formula is C22H19ClN2O6. The highest BCUT2D eigenvalue weighted by Gasteiger charge is 2.38. The molecule has 2 aromatic rings. The number of para-hydroxylation sites is 1. The van der Waals surface area contributed by atoms with Crippen molar-refractivity contribution in [1.82, 2.24) is 4.90 Å². The quantitative estimate of drug-likeness (QED) is 0.545. The Morgan fingerprint density at radius 3 is 2.65 bits per heavy atom. The SMILES string of the molecule is O=C(COC(=O)c1ccc2c(c1)C(=O)N(C[C@@H]1CCCO1)C2=O)Nc1ccccc1Cl. The standard InChI is InChI=1S/C22H19ClN2O6/c23-17-5-1-2-6-18(17)24-19(26)12-31-22(29)13-7-8-15-16(10-13)21(28)25(20(15)27)11-14-4-3-9-30-14/h1-2,5-8,10,14H,3-4,9,11-12H2,(H,24,26)/t14-/m0/s1.